The number of hydrogen-bond donors (Lipinski definition) is 1. The summed E-state index contributed by atoms with van der Waals surface area (Å²) >= 11 is 0. The van der Waals surface area contributed by atoms with Crippen LogP contribution in [0.3, 0.4) is 0 Å². The predicted octanol–water partition coefficient (Wildman–Crippen LogP) is 3.65. The van der Waals surface area contributed by atoms with E-state index < -0.39 is 0 Å². The Labute approximate surface area is 165 Å². The van der Waals surface area contributed by atoms with E-state index in [9.17, 15) is 4.79 Å². The maximum atomic E-state index is 12.9. The fourth-order valence-electron chi connectivity index (χ4n) is 3.74. The molecule has 0 bridgehead atoms. The Kier molecular flexibility index (Phi) is 4.67. The van der Waals surface area contributed by atoms with Gasteiger partial charge in [0.25, 0.3) is 5.91 Å². The number of para-hydroxylation sites is 1. The lowest BCUT2D eigenvalue weighted by Gasteiger charge is -2.18. The summed E-state index contributed by atoms with van der Waals surface area (Å²) in [5.74, 6) is 0.789. The quantitative estimate of drug-likeness (QED) is 0.740. The first kappa shape index (κ1) is 18.3. The molecule has 1 aliphatic rings. The van der Waals surface area contributed by atoms with Crippen molar-refractivity contribution in [1.82, 2.24) is 15.1 Å². The van der Waals surface area contributed by atoms with Gasteiger partial charge < -0.3 is 10.1 Å². The number of carbonyl (C=O) groups is 1. The molecule has 144 valence electrons. The van der Waals surface area contributed by atoms with Crippen LogP contribution in [-0.2, 0) is 26.4 Å². The molecule has 0 unspecified atom stereocenters. The Morgan fingerprint density at radius 3 is 2.75 bits per heavy atom. The van der Waals surface area contributed by atoms with Gasteiger partial charge in [0, 0.05) is 32.0 Å². The Hall–Kier alpha value is -3.08. The standard InChI is InChI=1S/C23H25N3O2/c1-23(2)13-17-10-7-11-18(21(17)28-23)14-24-22(27)19-15-25-26(3)20(19)12-16-8-5-4-6-9-16/h4-11,15H,12-14H2,1-3H3,(H,24,27). The van der Waals surface area contributed by atoms with Crippen LogP contribution in [0.1, 0.15) is 46.6 Å². The highest BCUT2D eigenvalue weighted by molar-refractivity contribution is 5.95. The van der Waals surface area contributed by atoms with Crippen molar-refractivity contribution in [1.29, 1.82) is 0 Å². The van der Waals surface area contributed by atoms with Crippen molar-refractivity contribution < 1.29 is 9.53 Å². The van der Waals surface area contributed by atoms with Crippen molar-refractivity contribution in [2.24, 2.45) is 7.05 Å². The molecule has 3 aromatic rings. The molecule has 0 saturated heterocycles. The number of rotatable bonds is 5. The minimum atomic E-state index is -0.200. The molecule has 5 heteroatoms. The highest BCUT2D eigenvalue weighted by atomic mass is 16.5. The summed E-state index contributed by atoms with van der Waals surface area (Å²) in [4.78, 5) is 12.9. The van der Waals surface area contributed by atoms with Crippen LogP contribution < -0.4 is 10.1 Å². The monoisotopic (exact) mass is 375 g/mol. The lowest BCUT2D eigenvalue weighted by atomic mass is 10.0. The molecule has 1 N–H and O–H groups in total. The van der Waals surface area contributed by atoms with E-state index in [1.165, 1.54) is 5.56 Å². The Morgan fingerprint density at radius 2 is 1.96 bits per heavy atom. The van der Waals surface area contributed by atoms with Gasteiger partial charge in [-0.15, -0.1) is 0 Å². The zero-order chi connectivity index (χ0) is 19.7. The Balaban J connectivity index is 1.50. The second-order valence-corrected chi connectivity index (χ2v) is 7.92. The lowest BCUT2D eigenvalue weighted by Crippen LogP contribution is -2.26. The zero-order valence-corrected chi connectivity index (χ0v) is 16.5. The Morgan fingerprint density at radius 1 is 1.18 bits per heavy atom. The van der Waals surface area contributed by atoms with Crippen LogP contribution in [0.5, 0.6) is 5.75 Å². The second-order valence-electron chi connectivity index (χ2n) is 7.92. The number of hydrogen-bond acceptors (Lipinski definition) is 3. The average Bonchev–Trinajstić information content (AvgIpc) is 3.19. The van der Waals surface area contributed by atoms with Gasteiger partial charge in [-0.3, -0.25) is 9.48 Å². The summed E-state index contributed by atoms with van der Waals surface area (Å²) in [6.45, 7) is 4.60. The molecular weight excluding hydrogens is 350 g/mol. The first-order valence-electron chi connectivity index (χ1n) is 9.56. The molecule has 0 aliphatic carbocycles. The lowest BCUT2D eigenvalue weighted by molar-refractivity contribution is 0.0949. The number of benzene rings is 2. The predicted molar refractivity (Wildman–Crippen MR) is 108 cm³/mol. The summed E-state index contributed by atoms with van der Waals surface area (Å²) in [5.41, 5.74) is 4.67. The number of nitrogens with one attached hydrogen (secondary N) is 1. The van der Waals surface area contributed by atoms with Gasteiger partial charge in [0.15, 0.2) is 0 Å². The maximum Gasteiger partial charge on any atom is 0.255 e. The van der Waals surface area contributed by atoms with E-state index >= 15 is 0 Å². The van der Waals surface area contributed by atoms with E-state index in [-0.39, 0.29) is 11.5 Å². The number of amides is 1. The van der Waals surface area contributed by atoms with Gasteiger partial charge in [0.1, 0.15) is 11.4 Å². The molecule has 0 atom stereocenters. The van der Waals surface area contributed by atoms with E-state index in [4.69, 9.17) is 4.74 Å². The van der Waals surface area contributed by atoms with E-state index in [2.05, 4.69) is 42.5 Å². The molecule has 0 saturated carbocycles. The minimum Gasteiger partial charge on any atom is -0.487 e. The van der Waals surface area contributed by atoms with Crippen molar-refractivity contribution in [3.8, 4) is 5.75 Å². The summed E-state index contributed by atoms with van der Waals surface area (Å²) in [5, 5.41) is 7.34. The number of ether oxygens (including phenoxy) is 1. The minimum absolute atomic E-state index is 0.117. The third-order valence-corrected chi connectivity index (χ3v) is 5.13. The summed E-state index contributed by atoms with van der Waals surface area (Å²) in [6.07, 6.45) is 3.19. The molecule has 1 aromatic heterocycles. The van der Waals surface area contributed by atoms with Crippen LogP contribution in [0.15, 0.2) is 54.7 Å². The maximum absolute atomic E-state index is 12.9. The van der Waals surface area contributed by atoms with Gasteiger partial charge in [-0.1, -0.05) is 48.5 Å². The average molecular weight is 375 g/mol. The zero-order valence-electron chi connectivity index (χ0n) is 16.5. The summed E-state index contributed by atoms with van der Waals surface area (Å²) in [7, 11) is 1.87. The number of aromatic nitrogens is 2. The molecule has 2 heterocycles. The molecule has 0 radical (unpaired) electrons. The van der Waals surface area contributed by atoms with Crippen LogP contribution in [-0.4, -0.2) is 21.3 Å². The number of nitrogens with zero attached hydrogens (tertiary/aromatic N) is 2. The van der Waals surface area contributed by atoms with Crippen LogP contribution in [0, 0.1) is 0 Å². The van der Waals surface area contributed by atoms with E-state index in [1.54, 1.807) is 10.9 Å². The van der Waals surface area contributed by atoms with Gasteiger partial charge in [0.2, 0.25) is 0 Å². The SMILES string of the molecule is Cn1ncc(C(=O)NCc2cccc3c2OC(C)(C)C3)c1Cc1ccccc1. The van der Waals surface area contributed by atoms with Gasteiger partial charge in [-0.25, -0.2) is 0 Å². The van der Waals surface area contributed by atoms with Gasteiger partial charge >= 0.3 is 0 Å². The van der Waals surface area contributed by atoms with E-state index in [0.29, 0.717) is 18.5 Å². The number of aryl methyl sites for hydroxylation is 1. The first-order valence-corrected chi connectivity index (χ1v) is 9.56. The van der Waals surface area contributed by atoms with Crippen LogP contribution in [0.4, 0.5) is 0 Å². The largest absolute Gasteiger partial charge is 0.487 e. The van der Waals surface area contributed by atoms with Crippen LogP contribution >= 0.6 is 0 Å². The summed E-state index contributed by atoms with van der Waals surface area (Å²) in [6, 6.07) is 16.2. The van der Waals surface area contributed by atoms with E-state index in [1.807, 2.05) is 37.4 Å². The van der Waals surface area contributed by atoms with Crippen molar-refractivity contribution in [2.45, 2.75) is 38.8 Å². The molecule has 4 rings (SSSR count). The smallest absolute Gasteiger partial charge is 0.255 e. The second kappa shape index (κ2) is 7.15. The van der Waals surface area contributed by atoms with Gasteiger partial charge in [-0.2, -0.15) is 5.10 Å². The molecule has 0 fully saturated rings. The fraction of sp³-hybridized carbons (Fsp3) is 0.304. The normalized spacial score (nSPS) is 14.4. The molecule has 28 heavy (non-hydrogen) atoms. The van der Waals surface area contributed by atoms with Crippen molar-refractivity contribution in [2.75, 3.05) is 0 Å². The summed E-state index contributed by atoms with van der Waals surface area (Å²) < 4.78 is 7.87. The van der Waals surface area contributed by atoms with Crippen LogP contribution in [0.2, 0.25) is 0 Å². The number of fused-ring (bicyclic) bond motifs is 1. The van der Waals surface area contributed by atoms with Crippen molar-refractivity contribution in [3.63, 3.8) is 0 Å². The highest BCUT2D eigenvalue weighted by Crippen LogP contribution is 2.37. The molecule has 5 nitrogen and oxygen atoms in total. The van der Waals surface area contributed by atoms with Gasteiger partial charge in [0.05, 0.1) is 17.5 Å². The van der Waals surface area contributed by atoms with Gasteiger partial charge in [-0.05, 0) is 25.0 Å². The molecule has 1 amide bonds. The van der Waals surface area contributed by atoms with E-state index in [0.717, 1.165) is 29.0 Å². The molecular formula is C23H25N3O2. The first-order chi connectivity index (χ1) is 13.4. The van der Waals surface area contributed by atoms with Crippen LogP contribution in [0.25, 0.3) is 0 Å². The highest BCUT2D eigenvalue weighted by Gasteiger charge is 2.31. The fourth-order valence-corrected chi connectivity index (χ4v) is 3.74. The topological polar surface area (TPSA) is 56.2 Å². The molecule has 2 aromatic carbocycles. The third kappa shape index (κ3) is 3.65. The van der Waals surface area contributed by atoms with Crippen molar-refractivity contribution >= 4 is 5.91 Å². The third-order valence-electron chi connectivity index (χ3n) is 5.13. The molecule has 0 spiro atoms. The Bertz CT molecular complexity index is 1010. The van der Waals surface area contributed by atoms with Crippen molar-refractivity contribution in [3.05, 3.63) is 82.7 Å². The number of carbonyl (C=O) groups excluding carboxylic acids is 1. The molecule has 1 aliphatic heterocycles.